The number of hydrazine groups is 1. The second kappa shape index (κ2) is 3.93. The number of primary amides is 1. The highest BCUT2D eigenvalue weighted by molar-refractivity contribution is 5.89. The van der Waals surface area contributed by atoms with Crippen molar-refractivity contribution in [1.82, 2.24) is 10.6 Å². The summed E-state index contributed by atoms with van der Waals surface area (Å²) >= 11 is 0. The second-order valence-corrected chi connectivity index (χ2v) is 3.85. The Labute approximate surface area is 91.1 Å². The zero-order chi connectivity index (χ0) is 11.7. The lowest BCUT2D eigenvalue weighted by molar-refractivity contribution is -0.128. The monoisotopic (exact) mass is 224 g/mol. The first-order chi connectivity index (χ1) is 7.61. The average Bonchev–Trinajstić information content (AvgIpc) is 2.64. The zero-order valence-corrected chi connectivity index (χ0v) is 8.47. The highest BCUT2D eigenvalue weighted by atomic mass is 16.5. The van der Waals surface area contributed by atoms with Crippen molar-refractivity contribution in [2.75, 3.05) is 0 Å². The minimum absolute atomic E-state index is 0.0433. The summed E-state index contributed by atoms with van der Waals surface area (Å²) in [7, 11) is 0. The SMILES string of the molecule is NNC(=O)C1CC(c2cc(C(N)=O)on2)C1. The molecule has 16 heavy (non-hydrogen) atoms. The van der Waals surface area contributed by atoms with Gasteiger partial charge >= 0.3 is 0 Å². The summed E-state index contributed by atoms with van der Waals surface area (Å²) in [5, 5.41) is 3.74. The van der Waals surface area contributed by atoms with E-state index in [2.05, 4.69) is 10.6 Å². The van der Waals surface area contributed by atoms with Crippen molar-refractivity contribution in [3.63, 3.8) is 0 Å². The maximum absolute atomic E-state index is 11.1. The van der Waals surface area contributed by atoms with Crippen molar-refractivity contribution in [3.05, 3.63) is 17.5 Å². The van der Waals surface area contributed by atoms with Crippen LogP contribution in [-0.2, 0) is 4.79 Å². The lowest BCUT2D eigenvalue weighted by Crippen LogP contribution is -2.41. The van der Waals surface area contributed by atoms with Crippen LogP contribution in [0.25, 0.3) is 0 Å². The molecule has 2 amide bonds. The van der Waals surface area contributed by atoms with Gasteiger partial charge in [-0.25, -0.2) is 5.84 Å². The molecule has 2 rings (SSSR count). The Morgan fingerprint density at radius 3 is 2.69 bits per heavy atom. The van der Waals surface area contributed by atoms with Crippen molar-refractivity contribution in [2.24, 2.45) is 17.5 Å². The molecule has 0 aliphatic heterocycles. The Bertz CT molecular complexity index is 422. The maximum atomic E-state index is 11.1. The molecule has 0 bridgehead atoms. The Balaban J connectivity index is 1.96. The molecule has 0 spiro atoms. The highest BCUT2D eigenvalue weighted by Gasteiger charge is 2.37. The summed E-state index contributed by atoms with van der Waals surface area (Å²) in [6, 6.07) is 1.52. The lowest BCUT2D eigenvalue weighted by Gasteiger charge is -2.31. The van der Waals surface area contributed by atoms with E-state index in [1.165, 1.54) is 6.07 Å². The van der Waals surface area contributed by atoms with Crippen LogP contribution in [0.2, 0.25) is 0 Å². The largest absolute Gasteiger partial charge is 0.363 e. The average molecular weight is 224 g/mol. The number of hydrogen-bond donors (Lipinski definition) is 3. The van der Waals surface area contributed by atoms with E-state index in [4.69, 9.17) is 16.1 Å². The number of amides is 2. The van der Waals surface area contributed by atoms with E-state index >= 15 is 0 Å². The summed E-state index contributed by atoms with van der Waals surface area (Å²) in [6.07, 6.45) is 1.32. The molecular weight excluding hydrogens is 212 g/mol. The number of hydrogen-bond acceptors (Lipinski definition) is 5. The molecular formula is C9H12N4O3. The number of nitrogens with zero attached hydrogens (tertiary/aromatic N) is 1. The number of carbonyl (C=O) groups excluding carboxylic acids is 2. The smallest absolute Gasteiger partial charge is 0.287 e. The Kier molecular flexibility index (Phi) is 2.61. The minimum Gasteiger partial charge on any atom is -0.363 e. The van der Waals surface area contributed by atoms with Crippen LogP contribution < -0.4 is 17.0 Å². The third-order valence-electron chi connectivity index (χ3n) is 2.84. The quantitative estimate of drug-likeness (QED) is 0.354. The molecule has 0 aromatic carbocycles. The van der Waals surface area contributed by atoms with Gasteiger partial charge in [-0.05, 0) is 12.8 Å². The normalized spacial score (nSPS) is 23.6. The van der Waals surface area contributed by atoms with Crippen molar-refractivity contribution < 1.29 is 14.1 Å². The van der Waals surface area contributed by atoms with Crippen LogP contribution in [0, 0.1) is 5.92 Å². The van der Waals surface area contributed by atoms with E-state index in [1.54, 1.807) is 0 Å². The van der Waals surface area contributed by atoms with Crippen LogP contribution in [0.1, 0.15) is 35.0 Å². The summed E-state index contributed by atoms with van der Waals surface area (Å²) in [4.78, 5) is 21.9. The van der Waals surface area contributed by atoms with Gasteiger partial charge in [0.1, 0.15) is 0 Å². The number of rotatable bonds is 3. The second-order valence-electron chi connectivity index (χ2n) is 3.85. The van der Waals surface area contributed by atoms with Crippen LogP contribution in [0.3, 0.4) is 0 Å². The molecule has 7 heteroatoms. The first-order valence-electron chi connectivity index (χ1n) is 4.88. The van der Waals surface area contributed by atoms with Crippen LogP contribution in [0.15, 0.2) is 10.6 Å². The highest BCUT2D eigenvalue weighted by Crippen LogP contribution is 2.41. The maximum Gasteiger partial charge on any atom is 0.287 e. The first kappa shape index (κ1) is 10.6. The molecule has 0 saturated heterocycles. The molecule has 0 atom stereocenters. The van der Waals surface area contributed by atoms with Crippen LogP contribution in [0.4, 0.5) is 0 Å². The van der Waals surface area contributed by atoms with Gasteiger partial charge < -0.3 is 10.3 Å². The fraction of sp³-hybridized carbons (Fsp3) is 0.444. The molecule has 0 radical (unpaired) electrons. The molecule has 1 aliphatic rings. The summed E-state index contributed by atoms with van der Waals surface area (Å²) in [5.41, 5.74) is 7.80. The Morgan fingerprint density at radius 1 is 1.50 bits per heavy atom. The topological polar surface area (TPSA) is 124 Å². The molecule has 1 aliphatic carbocycles. The third kappa shape index (κ3) is 1.76. The van der Waals surface area contributed by atoms with Gasteiger partial charge in [0.2, 0.25) is 11.7 Å². The fourth-order valence-corrected chi connectivity index (χ4v) is 1.79. The van der Waals surface area contributed by atoms with Crippen LogP contribution in [0.5, 0.6) is 0 Å². The van der Waals surface area contributed by atoms with Gasteiger partial charge in [-0.1, -0.05) is 5.16 Å². The molecule has 5 N–H and O–H groups in total. The van der Waals surface area contributed by atoms with Crippen LogP contribution >= 0.6 is 0 Å². The third-order valence-corrected chi connectivity index (χ3v) is 2.84. The number of aromatic nitrogens is 1. The van der Waals surface area contributed by atoms with E-state index in [-0.39, 0.29) is 23.5 Å². The molecule has 1 aromatic rings. The minimum atomic E-state index is -0.644. The summed E-state index contributed by atoms with van der Waals surface area (Å²) in [6.45, 7) is 0. The predicted octanol–water partition coefficient (Wildman–Crippen LogP) is -0.743. The lowest BCUT2D eigenvalue weighted by atomic mass is 9.73. The molecule has 1 saturated carbocycles. The predicted molar refractivity (Wildman–Crippen MR) is 52.8 cm³/mol. The van der Waals surface area contributed by atoms with Gasteiger partial charge in [0, 0.05) is 17.9 Å². The molecule has 7 nitrogen and oxygen atoms in total. The molecule has 1 aromatic heterocycles. The van der Waals surface area contributed by atoms with E-state index in [1.807, 2.05) is 0 Å². The number of nitrogens with two attached hydrogens (primary N) is 2. The Hall–Kier alpha value is -1.89. The molecule has 1 fully saturated rings. The van der Waals surface area contributed by atoms with E-state index in [9.17, 15) is 9.59 Å². The van der Waals surface area contributed by atoms with E-state index < -0.39 is 5.91 Å². The number of carbonyl (C=O) groups is 2. The van der Waals surface area contributed by atoms with Crippen molar-refractivity contribution in [1.29, 1.82) is 0 Å². The van der Waals surface area contributed by atoms with Gasteiger partial charge in [-0.2, -0.15) is 0 Å². The fourth-order valence-electron chi connectivity index (χ4n) is 1.79. The van der Waals surface area contributed by atoms with Gasteiger partial charge in [0.05, 0.1) is 5.69 Å². The van der Waals surface area contributed by atoms with Crippen LogP contribution in [-0.4, -0.2) is 17.0 Å². The van der Waals surface area contributed by atoms with Gasteiger partial charge in [0.15, 0.2) is 0 Å². The van der Waals surface area contributed by atoms with Gasteiger partial charge in [-0.15, -0.1) is 0 Å². The number of nitrogens with one attached hydrogen (secondary N) is 1. The van der Waals surface area contributed by atoms with E-state index in [0.29, 0.717) is 18.5 Å². The molecule has 1 heterocycles. The molecule has 0 unspecified atom stereocenters. The Morgan fingerprint density at radius 2 is 2.19 bits per heavy atom. The summed E-state index contributed by atoms with van der Waals surface area (Å²) in [5.74, 6) is 4.30. The van der Waals surface area contributed by atoms with E-state index in [0.717, 1.165) is 0 Å². The first-order valence-corrected chi connectivity index (χ1v) is 4.88. The van der Waals surface area contributed by atoms with Gasteiger partial charge in [-0.3, -0.25) is 15.0 Å². The van der Waals surface area contributed by atoms with Gasteiger partial charge in [0.25, 0.3) is 5.91 Å². The standard InChI is InChI=1S/C9H12N4O3/c10-8(14)7-3-6(13-16-7)4-1-5(2-4)9(15)12-11/h3-5H,1-2,11H2,(H2,10,14)(H,12,15). The zero-order valence-electron chi connectivity index (χ0n) is 8.47. The van der Waals surface area contributed by atoms with Crippen molar-refractivity contribution in [2.45, 2.75) is 18.8 Å². The van der Waals surface area contributed by atoms with Crippen molar-refractivity contribution in [3.8, 4) is 0 Å². The summed E-state index contributed by atoms with van der Waals surface area (Å²) < 4.78 is 4.76. The molecule has 86 valence electrons. The van der Waals surface area contributed by atoms with Crippen molar-refractivity contribution >= 4 is 11.8 Å².